The van der Waals surface area contributed by atoms with Crippen LogP contribution >= 0.6 is 0 Å². The molecule has 0 unspecified atom stereocenters. The van der Waals surface area contributed by atoms with E-state index in [-0.39, 0.29) is 30.4 Å². The van der Waals surface area contributed by atoms with Crippen molar-refractivity contribution in [1.82, 2.24) is 4.90 Å². The minimum absolute atomic E-state index is 0.150. The first-order valence-electron chi connectivity index (χ1n) is 8.28. The van der Waals surface area contributed by atoms with Gasteiger partial charge in [-0.05, 0) is 31.9 Å². The van der Waals surface area contributed by atoms with Crippen LogP contribution < -0.4 is 14.8 Å². The first-order valence-corrected chi connectivity index (χ1v) is 8.28. The first kappa shape index (κ1) is 15.7. The zero-order valence-electron chi connectivity index (χ0n) is 13.7. The fourth-order valence-corrected chi connectivity index (χ4v) is 3.55. The summed E-state index contributed by atoms with van der Waals surface area (Å²) >= 11 is 0. The lowest BCUT2D eigenvalue weighted by molar-refractivity contribution is -0.146. The number of fused-ring (bicyclic) bond motifs is 2. The second-order valence-corrected chi connectivity index (χ2v) is 6.44. The lowest BCUT2D eigenvalue weighted by atomic mass is 9.85. The summed E-state index contributed by atoms with van der Waals surface area (Å²) in [4.78, 5) is 38.8. The standard InChI is InChI=1S/C18H18N2O5/c1-10(20-17(22)12-4-2-3-5-13(12)18(20)23)16(21)19-11-6-7-14-15(8-11)25-9-24-14/h2-3,6-8,10,12-13H,4-5,9H2,1H3,(H,19,21)/t10-,12-,13+/m0/s1. The highest BCUT2D eigenvalue weighted by Gasteiger charge is 2.50. The maximum atomic E-state index is 12.6. The number of nitrogens with zero attached hydrogens (tertiary/aromatic N) is 1. The highest BCUT2D eigenvalue weighted by atomic mass is 16.7. The summed E-state index contributed by atoms with van der Waals surface area (Å²) in [5.74, 6) is -0.424. The molecule has 3 atom stereocenters. The molecule has 25 heavy (non-hydrogen) atoms. The molecule has 1 aliphatic carbocycles. The maximum Gasteiger partial charge on any atom is 0.247 e. The second-order valence-electron chi connectivity index (χ2n) is 6.44. The monoisotopic (exact) mass is 342 g/mol. The predicted octanol–water partition coefficient (Wildman–Crippen LogP) is 1.69. The lowest BCUT2D eigenvalue weighted by Crippen LogP contribution is -2.46. The van der Waals surface area contributed by atoms with Crippen molar-refractivity contribution >= 4 is 23.4 Å². The Labute approximate surface area is 144 Å². The number of carbonyl (C=O) groups excluding carboxylic acids is 3. The third-order valence-electron chi connectivity index (χ3n) is 4.95. The molecule has 1 aromatic carbocycles. The molecule has 2 aliphatic heterocycles. The first-order chi connectivity index (χ1) is 12.1. The van der Waals surface area contributed by atoms with E-state index in [9.17, 15) is 14.4 Å². The number of hydrogen-bond donors (Lipinski definition) is 1. The summed E-state index contributed by atoms with van der Waals surface area (Å²) in [5, 5.41) is 2.73. The van der Waals surface area contributed by atoms with Crippen LogP contribution in [0, 0.1) is 11.8 Å². The number of hydrogen-bond acceptors (Lipinski definition) is 5. The largest absolute Gasteiger partial charge is 0.454 e. The van der Waals surface area contributed by atoms with Crippen LogP contribution in [0.1, 0.15) is 19.8 Å². The molecule has 7 nitrogen and oxygen atoms in total. The number of likely N-dealkylation sites (tertiary alicyclic amines) is 1. The van der Waals surface area contributed by atoms with Crippen molar-refractivity contribution in [1.29, 1.82) is 0 Å². The van der Waals surface area contributed by atoms with Gasteiger partial charge in [0.15, 0.2) is 11.5 Å². The summed E-state index contributed by atoms with van der Waals surface area (Å²) in [5.41, 5.74) is 0.527. The summed E-state index contributed by atoms with van der Waals surface area (Å²) in [6.45, 7) is 1.72. The number of benzene rings is 1. The highest BCUT2D eigenvalue weighted by molar-refractivity contribution is 6.10. The van der Waals surface area contributed by atoms with E-state index in [0.717, 1.165) is 4.90 Å². The van der Waals surface area contributed by atoms with Gasteiger partial charge in [-0.25, -0.2) is 0 Å². The molecule has 1 fully saturated rings. The van der Waals surface area contributed by atoms with E-state index < -0.39 is 11.9 Å². The predicted molar refractivity (Wildman–Crippen MR) is 87.9 cm³/mol. The van der Waals surface area contributed by atoms with Crippen LogP contribution in [0.2, 0.25) is 0 Å². The summed E-state index contributed by atoms with van der Waals surface area (Å²) in [7, 11) is 0. The van der Waals surface area contributed by atoms with Crippen molar-refractivity contribution in [3.8, 4) is 11.5 Å². The van der Waals surface area contributed by atoms with E-state index in [1.165, 1.54) is 0 Å². The van der Waals surface area contributed by atoms with Gasteiger partial charge in [-0.3, -0.25) is 19.3 Å². The van der Waals surface area contributed by atoms with Gasteiger partial charge in [0.2, 0.25) is 24.5 Å². The third kappa shape index (κ3) is 2.56. The maximum absolute atomic E-state index is 12.6. The Hall–Kier alpha value is -2.83. The van der Waals surface area contributed by atoms with Crippen molar-refractivity contribution in [3.63, 3.8) is 0 Å². The molecule has 3 aliphatic rings. The molecule has 0 aromatic heterocycles. The van der Waals surface area contributed by atoms with E-state index in [2.05, 4.69) is 5.32 Å². The second kappa shape index (κ2) is 5.91. The molecular formula is C18H18N2O5. The van der Waals surface area contributed by atoms with Crippen molar-refractivity contribution in [2.24, 2.45) is 11.8 Å². The molecule has 0 spiro atoms. The van der Waals surface area contributed by atoms with Crippen LogP contribution in [0.25, 0.3) is 0 Å². The highest BCUT2D eigenvalue weighted by Crippen LogP contribution is 2.37. The fourth-order valence-electron chi connectivity index (χ4n) is 3.55. The Bertz CT molecular complexity index is 762. The Balaban J connectivity index is 1.49. The van der Waals surface area contributed by atoms with Crippen LogP contribution in [-0.2, 0) is 14.4 Å². The van der Waals surface area contributed by atoms with Crippen molar-refractivity contribution in [2.75, 3.05) is 12.1 Å². The number of carbonyl (C=O) groups is 3. The number of allylic oxidation sites excluding steroid dienone is 2. The van der Waals surface area contributed by atoms with E-state index in [0.29, 0.717) is 30.0 Å². The molecule has 2 heterocycles. The molecule has 1 N–H and O–H groups in total. The Kier molecular flexibility index (Phi) is 3.71. The molecule has 1 aromatic rings. The average Bonchev–Trinajstić information content (AvgIpc) is 3.18. The van der Waals surface area contributed by atoms with Crippen LogP contribution in [0.3, 0.4) is 0 Å². The van der Waals surface area contributed by atoms with E-state index in [1.54, 1.807) is 25.1 Å². The van der Waals surface area contributed by atoms with E-state index >= 15 is 0 Å². The fraction of sp³-hybridized carbons (Fsp3) is 0.389. The normalized spacial score (nSPS) is 25.1. The molecule has 130 valence electrons. The van der Waals surface area contributed by atoms with Crippen LogP contribution in [0.15, 0.2) is 30.4 Å². The van der Waals surface area contributed by atoms with Gasteiger partial charge >= 0.3 is 0 Å². The number of nitrogens with one attached hydrogen (secondary N) is 1. The van der Waals surface area contributed by atoms with Gasteiger partial charge in [0.05, 0.1) is 11.8 Å². The summed E-state index contributed by atoms with van der Waals surface area (Å²) < 4.78 is 10.5. The molecule has 1 saturated heterocycles. The van der Waals surface area contributed by atoms with Gasteiger partial charge in [0.25, 0.3) is 0 Å². The number of anilines is 1. The van der Waals surface area contributed by atoms with E-state index in [4.69, 9.17) is 9.47 Å². The molecule has 7 heteroatoms. The Morgan fingerprint density at radius 2 is 1.76 bits per heavy atom. The molecular weight excluding hydrogens is 324 g/mol. The van der Waals surface area contributed by atoms with Gasteiger partial charge < -0.3 is 14.8 Å². The smallest absolute Gasteiger partial charge is 0.247 e. The number of ether oxygens (including phenoxy) is 2. The topological polar surface area (TPSA) is 84.9 Å². The van der Waals surface area contributed by atoms with Gasteiger partial charge in [-0.15, -0.1) is 0 Å². The SMILES string of the molecule is C[C@@H](C(=O)Nc1ccc2c(c1)OCO2)N1C(=O)[C@H]2CC=CC[C@H]2C1=O. The Morgan fingerprint density at radius 3 is 2.44 bits per heavy atom. The zero-order chi connectivity index (χ0) is 17.6. The minimum Gasteiger partial charge on any atom is -0.454 e. The minimum atomic E-state index is -0.865. The van der Waals surface area contributed by atoms with Crippen LogP contribution in [0.5, 0.6) is 11.5 Å². The van der Waals surface area contributed by atoms with E-state index in [1.807, 2.05) is 12.2 Å². The molecule has 0 radical (unpaired) electrons. The lowest BCUT2D eigenvalue weighted by Gasteiger charge is -2.22. The van der Waals surface area contributed by atoms with Crippen molar-refractivity contribution in [3.05, 3.63) is 30.4 Å². The molecule has 0 bridgehead atoms. The van der Waals surface area contributed by atoms with Gasteiger partial charge in [-0.2, -0.15) is 0 Å². The van der Waals surface area contributed by atoms with Gasteiger partial charge in [-0.1, -0.05) is 12.2 Å². The summed E-state index contributed by atoms with van der Waals surface area (Å²) in [6.07, 6.45) is 4.96. The van der Waals surface area contributed by atoms with Gasteiger partial charge in [0.1, 0.15) is 6.04 Å². The average molecular weight is 342 g/mol. The van der Waals surface area contributed by atoms with Crippen LogP contribution in [-0.4, -0.2) is 35.5 Å². The van der Waals surface area contributed by atoms with Crippen molar-refractivity contribution < 1.29 is 23.9 Å². The van der Waals surface area contributed by atoms with Crippen LogP contribution in [0.4, 0.5) is 5.69 Å². The quantitative estimate of drug-likeness (QED) is 0.667. The summed E-state index contributed by atoms with van der Waals surface area (Å²) in [6, 6.07) is 4.19. The number of rotatable bonds is 3. The molecule has 4 rings (SSSR count). The number of amides is 3. The third-order valence-corrected chi connectivity index (χ3v) is 4.95. The molecule has 0 saturated carbocycles. The van der Waals surface area contributed by atoms with Crippen molar-refractivity contribution in [2.45, 2.75) is 25.8 Å². The zero-order valence-corrected chi connectivity index (χ0v) is 13.7. The van der Waals surface area contributed by atoms with Gasteiger partial charge in [0, 0.05) is 11.8 Å². The molecule has 3 amide bonds. The number of imide groups is 1. The Morgan fingerprint density at radius 1 is 1.12 bits per heavy atom.